The van der Waals surface area contributed by atoms with Crippen molar-refractivity contribution in [3.05, 3.63) is 41.6 Å². The lowest BCUT2D eigenvalue weighted by Gasteiger charge is -2.06. The number of aromatic nitrogens is 2. The van der Waals surface area contributed by atoms with Crippen molar-refractivity contribution in [2.24, 2.45) is 0 Å². The molecule has 0 saturated carbocycles. The molecule has 1 unspecified atom stereocenters. The minimum Gasteiger partial charge on any atom is -0.425 e. The number of hydrogen-bond donors (Lipinski definition) is 1. The van der Waals surface area contributed by atoms with E-state index in [0.29, 0.717) is 11.8 Å². The molecule has 0 aliphatic heterocycles. The highest BCUT2D eigenvalue weighted by Gasteiger charge is 2.12. The van der Waals surface area contributed by atoms with Gasteiger partial charge in [-0.1, -0.05) is 19.1 Å². The fourth-order valence-corrected chi connectivity index (χ4v) is 1.61. The zero-order valence-corrected chi connectivity index (χ0v) is 9.47. The summed E-state index contributed by atoms with van der Waals surface area (Å²) >= 11 is 0. The Morgan fingerprint density at radius 3 is 2.50 bits per heavy atom. The van der Waals surface area contributed by atoms with Gasteiger partial charge in [0.2, 0.25) is 11.8 Å². The van der Waals surface area contributed by atoms with Gasteiger partial charge < -0.3 is 10.2 Å². The molecule has 0 saturated heterocycles. The molecule has 1 aromatic carbocycles. The summed E-state index contributed by atoms with van der Waals surface area (Å²) in [5.41, 5.74) is 7.63. The Morgan fingerprint density at radius 1 is 1.25 bits per heavy atom. The Hall–Kier alpha value is -1.84. The summed E-state index contributed by atoms with van der Waals surface area (Å²) in [6, 6.07) is 7.85. The molecule has 0 radical (unpaired) electrons. The van der Waals surface area contributed by atoms with Gasteiger partial charge in [0.25, 0.3) is 0 Å². The van der Waals surface area contributed by atoms with E-state index >= 15 is 0 Å². The summed E-state index contributed by atoms with van der Waals surface area (Å²) in [7, 11) is 0. The third kappa shape index (κ3) is 2.39. The molecule has 1 aromatic heterocycles. The first kappa shape index (κ1) is 10.7. The van der Waals surface area contributed by atoms with E-state index in [1.54, 1.807) is 6.92 Å². The summed E-state index contributed by atoms with van der Waals surface area (Å²) in [5.74, 6) is 1.53. The van der Waals surface area contributed by atoms with Crippen molar-refractivity contribution in [3.8, 4) is 0 Å². The van der Waals surface area contributed by atoms with Gasteiger partial charge in [0.1, 0.15) is 0 Å². The lowest BCUT2D eigenvalue weighted by Crippen LogP contribution is -1.99. The van der Waals surface area contributed by atoms with Crippen molar-refractivity contribution in [3.63, 3.8) is 0 Å². The van der Waals surface area contributed by atoms with Crippen LogP contribution in [0.15, 0.2) is 28.7 Å². The first-order valence-electron chi connectivity index (χ1n) is 5.29. The van der Waals surface area contributed by atoms with Crippen LogP contribution >= 0.6 is 0 Å². The van der Waals surface area contributed by atoms with E-state index in [-0.39, 0.29) is 5.92 Å². The lowest BCUT2D eigenvalue weighted by atomic mass is 10.0. The molecule has 0 spiro atoms. The van der Waals surface area contributed by atoms with Gasteiger partial charge >= 0.3 is 0 Å². The Labute approximate surface area is 94.5 Å². The van der Waals surface area contributed by atoms with Gasteiger partial charge in [0, 0.05) is 18.5 Å². The highest BCUT2D eigenvalue weighted by molar-refractivity contribution is 5.39. The minimum absolute atomic E-state index is 0.227. The molecule has 1 atom stereocenters. The van der Waals surface area contributed by atoms with E-state index < -0.39 is 0 Å². The van der Waals surface area contributed by atoms with Crippen LogP contribution in [0.5, 0.6) is 0 Å². The fourth-order valence-electron chi connectivity index (χ4n) is 1.61. The van der Waals surface area contributed by atoms with Crippen molar-refractivity contribution >= 4 is 5.69 Å². The lowest BCUT2D eigenvalue weighted by molar-refractivity contribution is 0.436. The van der Waals surface area contributed by atoms with Gasteiger partial charge in [-0.2, -0.15) is 0 Å². The van der Waals surface area contributed by atoms with Gasteiger partial charge in [-0.15, -0.1) is 10.2 Å². The Morgan fingerprint density at radius 2 is 1.94 bits per heavy atom. The SMILES string of the molecule is Cc1nnc(C(C)Cc2ccc(N)cc2)o1. The Bertz CT molecular complexity index is 461. The maximum absolute atomic E-state index is 5.63. The number of hydrogen-bond acceptors (Lipinski definition) is 4. The number of nitrogens with zero attached hydrogens (tertiary/aromatic N) is 2. The van der Waals surface area contributed by atoms with Crippen LogP contribution in [0.3, 0.4) is 0 Å². The molecule has 4 nitrogen and oxygen atoms in total. The largest absolute Gasteiger partial charge is 0.425 e. The molecule has 4 heteroatoms. The molecule has 2 rings (SSSR count). The van der Waals surface area contributed by atoms with Crippen molar-refractivity contribution in [1.82, 2.24) is 10.2 Å². The highest BCUT2D eigenvalue weighted by Crippen LogP contribution is 2.19. The van der Waals surface area contributed by atoms with Crippen LogP contribution in [0.4, 0.5) is 5.69 Å². The number of rotatable bonds is 3. The molecule has 1 heterocycles. The summed E-state index contributed by atoms with van der Waals surface area (Å²) in [6.45, 7) is 3.87. The van der Waals surface area contributed by atoms with Crippen LogP contribution in [0.25, 0.3) is 0 Å². The predicted molar refractivity (Wildman–Crippen MR) is 62.0 cm³/mol. The molecule has 0 bridgehead atoms. The predicted octanol–water partition coefficient (Wildman–Crippen LogP) is 2.31. The first-order chi connectivity index (χ1) is 7.65. The normalized spacial score (nSPS) is 12.6. The van der Waals surface area contributed by atoms with Crippen molar-refractivity contribution in [2.75, 3.05) is 5.73 Å². The van der Waals surface area contributed by atoms with Crippen LogP contribution in [-0.2, 0) is 6.42 Å². The summed E-state index contributed by atoms with van der Waals surface area (Å²) in [6.07, 6.45) is 0.877. The number of nitrogens with two attached hydrogens (primary N) is 1. The molecule has 0 fully saturated rings. The van der Waals surface area contributed by atoms with Crippen LogP contribution in [-0.4, -0.2) is 10.2 Å². The average Bonchev–Trinajstić information content (AvgIpc) is 2.68. The third-order valence-electron chi connectivity index (χ3n) is 2.48. The van der Waals surface area contributed by atoms with Gasteiger partial charge in [-0.05, 0) is 24.1 Å². The Kier molecular flexibility index (Phi) is 2.90. The second-order valence-corrected chi connectivity index (χ2v) is 4.01. The molecular weight excluding hydrogens is 202 g/mol. The fraction of sp³-hybridized carbons (Fsp3) is 0.333. The maximum Gasteiger partial charge on any atom is 0.219 e. The molecule has 0 aliphatic carbocycles. The topological polar surface area (TPSA) is 64.9 Å². The second kappa shape index (κ2) is 4.35. The number of nitrogen functional groups attached to an aromatic ring is 1. The van der Waals surface area contributed by atoms with Gasteiger partial charge in [0.15, 0.2) is 0 Å². The molecule has 0 aliphatic rings. The van der Waals surface area contributed by atoms with E-state index in [9.17, 15) is 0 Å². The van der Waals surface area contributed by atoms with Gasteiger partial charge in [-0.25, -0.2) is 0 Å². The quantitative estimate of drug-likeness (QED) is 0.801. The monoisotopic (exact) mass is 217 g/mol. The molecule has 2 aromatic rings. The van der Waals surface area contributed by atoms with Gasteiger partial charge in [-0.3, -0.25) is 0 Å². The first-order valence-corrected chi connectivity index (χ1v) is 5.29. The zero-order chi connectivity index (χ0) is 11.5. The molecule has 84 valence electrons. The standard InChI is InChI=1S/C12H15N3O/c1-8(12-15-14-9(2)16-12)7-10-3-5-11(13)6-4-10/h3-6,8H,7,13H2,1-2H3. The molecule has 16 heavy (non-hydrogen) atoms. The number of aryl methyl sites for hydroxylation is 1. The summed E-state index contributed by atoms with van der Waals surface area (Å²) < 4.78 is 5.39. The molecule has 2 N–H and O–H groups in total. The van der Waals surface area contributed by atoms with Crippen LogP contribution in [0, 0.1) is 6.92 Å². The molecular formula is C12H15N3O. The minimum atomic E-state index is 0.227. The van der Waals surface area contributed by atoms with E-state index in [2.05, 4.69) is 17.1 Å². The van der Waals surface area contributed by atoms with E-state index in [0.717, 1.165) is 12.1 Å². The smallest absolute Gasteiger partial charge is 0.219 e. The van der Waals surface area contributed by atoms with E-state index in [1.807, 2.05) is 24.3 Å². The number of anilines is 1. The van der Waals surface area contributed by atoms with E-state index in [1.165, 1.54) is 5.56 Å². The van der Waals surface area contributed by atoms with Crippen molar-refractivity contribution < 1.29 is 4.42 Å². The van der Waals surface area contributed by atoms with Crippen molar-refractivity contribution in [2.45, 2.75) is 26.2 Å². The Balaban J connectivity index is 2.07. The van der Waals surface area contributed by atoms with E-state index in [4.69, 9.17) is 10.2 Å². The van der Waals surface area contributed by atoms with Crippen molar-refractivity contribution in [1.29, 1.82) is 0 Å². The average molecular weight is 217 g/mol. The van der Waals surface area contributed by atoms with Crippen LogP contribution in [0.1, 0.15) is 30.2 Å². The summed E-state index contributed by atoms with van der Waals surface area (Å²) in [4.78, 5) is 0. The third-order valence-corrected chi connectivity index (χ3v) is 2.48. The van der Waals surface area contributed by atoms with Gasteiger partial charge in [0.05, 0.1) is 0 Å². The highest BCUT2D eigenvalue weighted by atomic mass is 16.4. The van der Waals surface area contributed by atoms with Crippen LogP contribution in [0.2, 0.25) is 0 Å². The van der Waals surface area contributed by atoms with Crippen LogP contribution < -0.4 is 5.73 Å². The second-order valence-electron chi connectivity index (χ2n) is 4.01. The molecule has 0 amide bonds. The maximum atomic E-state index is 5.63. The zero-order valence-electron chi connectivity index (χ0n) is 9.47. The summed E-state index contributed by atoms with van der Waals surface area (Å²) in [5, 5.41) is 7.84. The number of benzene rings is 1.